The molecule has 0 radical (unpaired) electrons. The highest BCUT2D eigenvalue weighted by Gasteiger charge is 2.37. The SMILES string of the molecule is CC1(C)CCC(C)(C)c2cc(-c3cc4c(o3)=CCC(=O)C=4)ccc21. The van der Waals surface area contributed by atoms with Crippen molar-refractivity contribution >= 4 is 17.9 Å². The van der Waals surface area contributed by atoms with Crippen LogP contribution in [0.4, 0.5) is 0 Å². The molecule has 0 fully saturated rings. The number of fused-ring (bicyclic) bond motifs is 2. The number of carbonyl (C=O) groups excluding carboxylic acids is 1. The highest BCUT2D eigenvalue weighted by molar-refractivity contribution is 6.09. The number of ketones is 1. The molecule has 2 aromatic rings. The highest BCUT2D eigenvalue weighted by Crippen LogP contribution is 2.46. The van der Waals surface area contributed by atoms with Crippen molar-refractivity contribution in [2.75, 3.05) is 0 Å². The predicted molar refractivity (Wildman–Crippen MR) is 97.2 cm³/mol. The Labute approximate surface area is 142 Å². The lowest BCUT2D eigenvalue weighted by molar-refractivity contribution is -0.112. The zero-order chi connectivity index (χ0) is 17.1. The van der Waals surface area contributed by atoms with E-state index in [4.69, 9.17) is 4.42 Å². The van der Waals surface area contributed by atoms with Crippen LogP contribution in [0.25, 0.3) is 23.5 Å². The van der Waals surface area contributed by atoms with Crippen molar-refractivity contribution in [3.05, 3.63) is 46.0 Å². The summed E-state index contributed by atoms with van der Waals surface area (Å²) < 4.78 is 6.01. The van der Waals surface area contributed by atoms with Gasteiger partial charge in [-0.15, -0.1) is 0 Å². The van der Waals surface area contributed by atoms with Gasteiger partial charge in [-0.3, -0.25) is 4.79 Å². The number of hydrogen-bond acceptors (Lipinski definition) is 2. The fraction of sp³-hybridized carbons (Fsp3) is 0.409. The molecule has 4 rings (SSSR count). The Balaban J connectivity index is 1.88. The molecule has 0 bridgehead atoms. The second kappa shape index (κ2) is 4.95. The number of Topliss-reactive ketones (excluding diaryl/α,β-unsaturated/α-hetero) is 1. The van der Waals surface area contributed by atoms with Gasteiger partial charge in [0.05, 0.1) is 0 Å². The first kappa shape index (κ1) is 15.4. The van der Waals surface area contributed by atoms with Gasteiger partial charge >= 0.3 is 0 Å². The fourth-order valence-corrected chi connectivity index (χ4v) is 4.00. The Morgan fingerprint density at radius 2 is 1.67 bits per heavy atom. The third kappa shape index (κ3) is 2.36. The molecule has 24 heavy (non-hydrogen) atoms. The summed E-state index contributed by atoms with van der Waals surface area (Å²) in [5.74, 6) is 0.993. The topological polar surface area (TPSA) is 30.2 Å². The van der Waals surface area contributed by atoms with E-state index in [0.717, 1.165) is 22.0 Å². The van der Waals surface area contributed by atoms with Crippen LogP contribution in [0.1, 0.15) is 58.1 Å². The summed E-state index contributed by atoms with van der Waals surface area (Å²) in [6.45, 7) is 9.33. The zero-order valence-corrected chi connectivity index (χ0v) is 14.9. The van der Waals surface area contributed by atoms with E-state index >= 15 is 0 Å². The second-order valence-corrected chi connectivity index (χ2v) is 8.48. The number of furan rings is 1. The van der Waals surface area contributed by atoms with Gasteiger partial charge in [0.2, 0.25) is 0 Å². The molecule has 2 aliphatic carbocycles. The first-order valence-corrected chi connectivity index (χ1v) is 8.76. The van der Waals surface area contributed by atoms with Crippen LogP contribution in [0, 0.1) is 0 Å². The molecule has 0 saturated heterocycles. The molecule has 0 spiro atoms. The third-order valence-electron chi connectivity index (χ3n) is 5.73. The van der Waals surface area contributed by atoms with Gasteiger partial charge < -0.3 is 4.42 Å². The lowest BCUT2D eigenvalue weighted by Crippen LogP contribution is -2.33. The monoisotopic (exact) mass is 320 g/mol. The van der Waals surface area contributed by atoms with E-state index in [1.165, 1.54) is 24.0 Å². The quantitative estimate of drug-likeness (QED) is 0.799. The number of hydrogen-bond donors (Lipinski definition) is 0. The molecule has 0 aliphatic heterocycles. The molecular formula is C22H24O2. The van der Waals surface area contributed by atoms with Gasteiger partial charge in [-0.1, -0.05) is 39.8 Å². The Kier molecular flexibility index (Phi) is 3.19. The smallest absolute Gasteiger partial charge is 0.160 e. The molecule has 0 amide bonds. The van der Waals surface area contributed by atoms with Gasteiger partial charge in [-0.2, -0.15) is 0 Å². The Morgan fingerprint density at radius 1 is 0.958 bits per heavy atom. The van der Waals surface area contributed by atoms with Gasteiger partial charge in [-0.25, -0.2) is 0 Å². The molecule has 1 aromatic heterocycles. The molecule has 2 aliphatic rings. The molecule has 2 nitrogen and oxygen atoms in total. The van der Waals surface area contributed by atoms with Gasteiger partial charge in [0.1, 0.15) is 11.2 Å². The average Bonchev–Trinajstić information content (AvgIpc) is 2.95. The summed E-state index contributed by atoms with van der Waals surface area (Å²) in [6.07, 6.45) is 6.42. The van der Waals surface area contributed by atoms with E-state index in [0.29, 0.717) is 6.42 Å². The predicted octanol–water partition coefficient (Wildman–Crippen LogP) is 3.83. The van der Waals surface area contributed by atoms with E-state index in [9.17, 15) is 4.79 Å². The van der Waals surface area contributed by atoms with Gasteiger partial charge in [-0.05, 0) is 59.1 Å². The van der Waals surface area contributed by atoms with Crippen LogP contribution in [0.3, 0.4) is 0 Å². The normalized spacial score (nSPS) is 20.6. The minimum absolute atomic E-state index is 0.142. The molecule has 1 aromatic carbocycles. The van der Waals surface area contributed by atoms with Gasteiger partial charge in [0, 0.05) is 17.2 Å². The number of carbonyl (C=O) groups is 1. The molecule has 0 atom stereocenters. The van der Waals surface area contributed by atoms with Crippen molar-refractivity contribution in [3.63, 3.8) is 0 Å². The van der Waals surface area contributed by atoms with E-state index < -0.39 is 0 Å². The van der Waals surface area contributed by atoms with Crippen LogP contribution in [0.15, 0.2) is 28.7 Å². The molecule has 0 unspecified atom stereocenters. The third-order valence-corrected chi connectivity index (χ3v) is 5.73. The summed E-state index contributed by atoms with van der Waals surface area (Å²) in [5.41, 5.74) is 5.20. The van der Waals surface area contributed by atoms with Gasteiger partial charge in [0.25, 0.3) is 0 Å². The summed E-state index contributed by atoms with van der Waals surface area (Å²) in [5, 5.41) is 0.901. The van der Waals surface area contributed by atoms with E-state index in [2.05, 4.69) is 45.9 Å². The van der Waals surface area contributed by atoms with Gasteiger partial charge in [0.15, 0.2) is 5.78 Å². The van der Waals surface area contributed by atoms with Crippen molar-refractivity contribution in [3.8, 4) is 11.3 Å². The van der Waals surface area contributed by atoms with E-state index in [1.807, 2.05) is 12.1 Å². The summed E-state index contributed by atoms with van der Waals surface area (Å²) in [6, 6.07) is 8.72. The summed E-state index contributed by atoms with van der Waals surface area (Å²) in [7, 11) is 0. The fourth-order valence-electron chi connectivity index (χ4n) is 4.00. The lowest BCUT2D eigenvalue weighted by atomic mass is 9.63. The number of benzene rings is 1. The first-order chi connectivity index (χ1) is 11.3. The van der Waals surface area contributed by atoms with Crippen molar-refractivity contribution in [1.29, 1.82) is 0 Å². The molecule has 124 valence electrons. The summed E-state index contributed by atoms with van der Waals surface area (Å²) >= 11 is 0. The minimum Gasteiger partial charge on any atom is -0.456 e. The maximum absolute atomic E-state index is 11.6. The van der Waals surface area contributed by atoms with Crippen molar-refractivity contribution in [1.82, 2.24) is 0 Å². The van der Waals surface area contributed by atoms with E-state index in [1.54, 1.807) is 6.08 Å². The standard InChI is InChI=1S/C22H24O2/c1-21(2)9-10-22(3,4)18-12-14(5-7-17(18)21)20-13-15-11-16(23)6-8-19(15)24-20/h5,7-8,11-13H,6,9-10H2,1-4H3. The zero-order valence-electron chi connectivity index (χ0n) is 14.9. The van der Waals surface area contributed by atoms with Crippen LogP contribution in [-0.4, -0.2) is 5.78 Å². The van der Waals surface area contributed by atoms with Crippen molar-refractivity contribution in [2.24, 2.45) is 0 Å². The van der Waals surface area contributed by atoms with Crippen LogP contribution in [0.5, 0.6) is 0 Å². The molecule has 0 N–H and O–H groups in total. The Bertz CT molecular complexity index is 954. The van der Waals surface area contributed by atoms with Crippen LogP contribution >= 0.6 is 0 Å². The van der Waals surface area contributed by atoms with Crippen molar-refractivity contribution < 1.29 is 9.21 Å². The minimum atomic E-state index is 0.142. The van der Waals surface area contributed by atoms with E-state index in [-0.39, 0.29) is 16.6 Å². The largest absolute Gasteiger partial charge is 0.456 e. The maximum atomic E-state index is 11.6. The van der Waals surface area contributed by atoms with Crippen molar-refractivity contribution in [2.45, 2.75) is 57.8 Å². The van der Waals surface area contributed by atoms with Crippen LogP contribution in [0.2, 0.25) is 0 Å². The van der Waals surface area contributed by atoms with Crippen LogP contribution < -0.4 is 10.6 Å². The molecule has 2 heteroatoms. The maximum Gasteiger partial charge on any atom is 0.160 e. The molecule has 0 saturated carbocycles. The number of rotatable bonds is 1. The first-order valence-electron chi connectivity index (χ1n) is 8.76. The molecule has 1 heterocycles. The highest BCUT2D eigenvalue weighted by atomic mass is 16.3. The Morgan fingerprint density at radius 3 is 2.42 bits per heavy atom. The average molecular weight is 320 g/mol. The lowest BCUT2D eigenvalue weighted by Gasteiger charge is -2.42. The van der Waals surface area contributed by atoms with Crippen LogP contribution in [-0.2, 0) is 15.6 Å². The molecular weight excluding hydrogens is 296 g/mol. The Hall–Kier alpha value is -2.09. The summed E-state index contributed by atoms with van der Waals surface area (Å²) in [4.78, 5) is 11.6. The second-order valence-electron chi connectivity index (χ2n) is 8.48.